The number of hydrogen-bond donors (Lipinski definition) is 2. The number of rotatable bonds is 3. The van der Waals surface area contributed by atoms with Crippen LogP contribution in [0.2, 0.25) is 0 Å². The molecule has 2 heterocycles. The summed E-state index contributed by atoms with van der Waals surface area (Å²) in [6, 6.07) is 5.05. The highest BCUT2D eigenvalue weighted by Crippen LogP contribution is 2.31. The molecule has 1 saturated heterocycles. The zero-order valence-electron chi connectivity index (χ0n) is 11.4. The lowest BCUT2D eigenvalue weighted by Crippen LogP contribution is -2.50. The summed E-state index contributed by atoms with van der Waals surface area (Å²) >= 11 is 0. The van der Waals surface area contributed by atoms with Gasteiger partial charge in [0.25, 0.3) is 0 Å². The lowest BCUT2D eigenvalue weighted by Gasteiger charge is -2.34. The number of hydrogen-bond acceptors (Lipinski definition) is 3. The predicted octanol–water partition coefficient (Wildman–Crippen LogP) is 1.13. The van der Waals surface area contributed by atoms with Crippen LogP contribution in [-0.2, 0) is 11.2 Å². The van der Waals surface area contributed by atoms with Crippen molar-refractivity contribution >= 4 is 17.6 Å². The van der Waals surface area contributed by atoms with Crippen molar-refractivity contribution in [2.24, 2.45) is 11.8 Å². The van der Waals surface area contributed by atoms with E-state index in [0.29, 0.717) is 12.5 Å². The van der Waals surface area contributed by atoms with Crippen molar-refractivity contribution in [3.05, 3.63) is 29.3 Å². The third-order valence-corrected chi connectivity index (χ3v) is 4.40. The Morgan fingerprint density at radius 2 is 2.15 bits per heavy atom. The molecule has 1 atom stereocenters. The van der Waals surface area contributed by atoms with Crippen molar-refractivity contribution in [3.63, 3.8) is 0 Å². The molecule has 0 radical (unpaired) electrons. The number of aromatic carboxylic acids is 1. The fourth-order valence-electron chi connectivity index (χ4n) is 2.85. The first kappa shape index (κ1) is 13.1. The molecule has 0 aromatic heterocycles. The zero-order chi connectivity index (χ0) is 14.3. The summed E-state index contributed by atoms with van der Waals surface area (Å²) in [5.41, 5.74) is 2.07. The molecule has 0 spiro atoms. The number of anilines is 1. The van der Waals surface area contributed by atoms with Crippen LogP contribution in [0.1, 0.15) is 22.8 Å². The number of benzene rings is 1. The molecule has 5 nitrogen and oxygen atoms in total. The van der Waals surface area contributed by atoms with Crippen molar-refractivity contribution in [3.8, 4) is 0 Å². The molecule has 2 N–H and O–H groups in total. The minimum Gasteiger partial charge on any atom is -0.478 e. The van der Waals surface area contributed by atoms with Crippen molar-refractivity contribution in [2.45, 2.75) is 13.3 Å². The number of nitrogens with one attached hydrogen (secondary N) is 1. The highest BCUT2D eigenvalue weighted by atomic mass is 16.4. The van der Waals surface area contributed by atoms with E-state index >= 15 is 0 Å². The summed E-state index contributed by atoms with van der Waals surface area (Å²) in [7, 11) is 0. The van der Waals surface area contributed by atoms with Crippen LogP contribution < -0.4 is 10.2 Å². The van der Waals surface area contributed by atoms with Gasteiger partial charge in [-0.2, -0.15) is 0 Å². The van der Waals surface area contributed by atoms with Gasteiger partial charge in [0.15, 0.2) is 0 Å². The first-order valence-electron chi connectivity index (χ1n) is 6.96. The number of amides is 1. The molecule has 5 heteroatoms. The molecule has 1 aromatic carbocycles. The fraction of sp³-hybridized carbons (Fsp3) is 0.467. The lowest BCUT2D eigenvalue weighted by molar-refractivity contribution is -0.123. The molecule has 106 valence electrons. The Labute approximate surface area is 117 Å². The SMILES string of the molecule is CC(C(=O)N1CCc2ccc(C(=O)O)cc21)C1CNC1. The average molecular weight is 274 g/mol. The zero-order valence-corrected chi connectivity index (χ0v) is 11.4. The van der Waals surface area contributed by atoms with E-state index in [9.17, 15) is 9.59 Å². The largest absolute Gasteiger partial charge is 0.478 e. The molecule has 20 heavy (non-hydrogen) atoms. The van der Waals surface area contributed by atoms with Crippen LogP contribution in [0.5, 0.6) is 0 Å². The fourth-order valence-corrected chi connectivity index (χ4v) is 2.85. The summed E-state index contributed by atoms with van der Waals surface area (Å²) in [5, 5.41) is 12.3. The Hall–Kier alpha value is -1.88. The molecule has 1 unspecified atom stereocenters. The summed E-state index contributed by atoms with van der Waals surface area (Å²) in [4.78, 5) is 25.4. The first-order chi connectivity index (χ1) is 9.58. The Morgan fingerprint density at radius 1 is 1.40 bits per heavy atom. The maximum absolute atomic E-state index is 12.6. The number of carbonyl (C=O) groups excluding carboxylic acids is 1. The van der Waals surface area contributed by atoms with Crippen LogP contribution in [-0.4, -0.2) is 36.6 Å². The van der Waals surface area contributed by atoms with Gasteiger partial charge in [-0.25, -0.2) is 4.79 Å². The first-order valence-corrected chi connectivity index (χ1v) is 6.96. The number of carbonyl (C=O) groups is 2. The predicted molar refractivity (Wildman–Crippen MR) is 75.0 cm³/mol. The van der Waals surface area contributed by atoms with Gasteiger partial charge in [-0.15, -0.1) is 0 Å². The Morgan fingerprint density at radius 3 is 2.75 bits per heavy atom. The number of carboxylic acid groups (broad SMARTS) is 1. The van der Waals surface area contributed by atoms with Crippen LogP contribution in [0.4, 0.5) is 5.69 Å². The van der Waals surface area contributed by atoms with Gasteiger partial charge in [-0.3, -0.25) is 4.79 Å². The third kappa shape index (κ3) is 2.08. The van der Waals surface area contributed by atoms with Crippen LogP contribution in [0.15, 0.2) is 18.2 Å². The molecule has 1 aromatic rings. The summed E-state index contributed by atoms with van der Waals surface area (Å²) in [6.07, 6.45) is 0.802. The second-order valence-electron chi connectivity index (χ2n) is 5.60. The molecule has 2 aliphatic rings. The molecular weight excluding hydrogens is 256 g/mol. The van der Waals surface area contributed by atoms with Crippen LogP contribution >= 0.6 is 0 Å². The molecule has 1 amide bonds. The van der Waals surface area contributed by atoms with E-state index < -0.39 is 5.97 Å². The second kappa shape index (κ2) is 4.90. The minimum atomic E-state index is -0.955. The summed E-state index contributed by atoms with van der Waals surface area (Å²) < 4.78 is 0. The van der Waals surface area contributed by atoms with E-state index in [1.165, 1.54) is 0 Å². The smallest absolute Gasteiger partial charge is 0.335 e. The van der Waals surface area contributed by atoms with E-state index in [0.717, 1.165) is 30.8 Å². The average Bonchev–Trinajstić information content (AvgIpc) is 2.78. The van der Waals surface area contributed by atoms with Crippen molar-refractivity contribution < 1.29 is 14.7 Å². The maximum Gasteiger partial charge on any atom is 0.335 e. The summed E-state index contributed by atoms with van der Waals surface area (Å²) in [5.74, 6) is -0.467. The van der Waals surface area contributed by atoms with E-state index in [2.05, 4.69) is 5.32 Å². The molecule has 2 aliphatic heterocycles. The Bertz CT molecular complexity index is 566. The van der Waals surface area contributed by atoms with Crippen LogP contribution in [0.25, 0.3) is 0 Å². The highest BCUT2D eigenvalue weighted by molar-refractivity contribution is 5.99. The topological polar surface area (TPSA) is 69.6 Å². The van der Waals surface area contributed by atoms with Gasteiger partial charge in [0, 0.05) is 18.2 Å². The lowest BCUT2D eigenvalue weighted by atomic mass is 9.88. The van der Waals surface area contributed by atoms with E-state index in [1.807, 2.05) is 13.0 Å². The van der Waals surface area contributed by atoms with Crippen LogP contribution in [0, 0.1) is 11.8 Å². The standard InChI is InChI=1S/C15H18N2O3/c1-9(12-7-16-8-12)14(18)17-5-4-10-2-3-11(15(19)20)6-13(10)17/h2-3,6,9,12,16H,4-5,7-8H2,1H3,(H,19,20). The van der Waals surface area contributed by atoms with Crippen LogP contribution in [0.3, 0.4) is 0 Å². The quantitative estimate of drug-likeness (QED) is 0.867. The van der Waals surface area contributed by atoms with E-state index in [4.69, 9.17) is 5.11 Å². The molecule has 1 fully saturated rings. The summed E-state index contributed by atoms with van der Waals surface area (Å²) in [6.45, 7) is 4.40. The van der Waals surface area contributed by atoms with Crippen molar-refractivity contribution in [1.29, 1.82) is 0 Å². The second-order valence-corrected chi connectivity index (χ2v) is 5.60. The van der Waals surface area contributed by atoms with E-state index in [1.54, 1.807) is 17.0 Å². The molecule has 0 bridgehead atoms. The molecule has 0 saturated carbocycles. The van der Waals surface area contributed by atoms with Gasteiger partial charge in [0.05, 0.1) is 5.56 Å². The highest BCUT2D eigenvalue weighted by Gasteiger charge is 2.34. The van der Waals surface area contributed by atoms with Crippen molar-refractivity contribution in [1.82, 2.24) is 5.32 Å². The van der Waals surface area contributed by atoms with Gasteiger partial charge in [-0.1, -0.05) is 13.0 Å². The van der Waals surface area contributed by atoms with Gasteiger partial charge >= 0.3 is 5.97 Å². The molecular formula is C15H18N2O3. The maximum atomic E-state index is 12.6. The Balaban J connectivity index is 1.85. The van der Waals surface area contributed by atoms with Gasteiger partial charge in [-0.05, 0) is 43.1 Å². The van der Waals surface area contributed by atoms with E-state index in [-0.39, 0.29) is 17.4 Å². The van der Waals surface area contributed by atoms with Gasteiger partial charge in [0.2, 0.25) is 5.91 Å². The molecule has 0 aliphatic carbocycles. The monoisotopic (exact) mass is 274 g/mol. The third-order valence-electron chi connectivity index (χ3n) is 4.40. The number of carboxylic acids is 1. The molecule has 3 rings (SSSR count). The van der Waals surface area contributed by atoms with Crippen molar-refractivity contribution in [2.75, 3.05) is 24.5 Å². The van der Waals surface area contributed by atoms with Gasteiger partial charge in [0.1, 0.15) is 0 Å². The normalized spacial score (nSPS) is 19.4. The Kier molecular flexibility index (Phi) is 3.22. The number of nitrogens with zero attached hydrogens (tertiary/aromatic N) is 1. The number of fused-ring (bicyclic) bond motifs is 1. The van der Waals surface area contributed by atoms with Gasteiger partial charge < -0.3 is 15.3 Å². The minimum absolute atomic E-state index is 0.0179.